The van der Waals surface area contributed by atoms with Crippen molar-refractivity contribution >= 4 is 26.8 Å². The fraction of sp³-hybridized carbons (Fsp3) is 0.400. The van der Waals surface area contributed by atoms with Gasteiger partial charge in [-0.2, -0.15) is 0 Å². The lowest BCUT2D eigenvalue weighted by Crippen LogP contribution is -2.43. The Hall–Kier alpha value is -1.01. The van der Waals surface area contributed by atoms with Crippen molar-refractivity contribution in [1.82, 2.24) is 9.88 Å². The quantitative estimate of drug-likeness (QED) is 0.933. The molecule has 1 aromatic carbocycles. The van der Waals surface area contributed by atoms with Crippen LogP contribution in [0.25, 0.3) is 10.9 Å². The average Bonchev–Trinajstić information content (AvgIpc) is 2.51. The summed E-state index contributed by atoms with van der Waals surface area (Å²) in [6, 6.07) is 8.21. The molecule has 0 radical (unpaired) electrons. The highest BCUT2D eigenvalue weighted by molar-refractivity contribution is 9.10. The number of hydrogen-bond acceptors (Lipinski definition) is 4. The lowest BCUT2D eigenvalue weighted by atomic mass is 10.1. The largest absolute Gasteiger partial charge is 0.394 e. The summed E-state index contributed by atoms with van der Waals surface area (Å²) in [5.41, 5.74) is 2.25. The van der Waals surface area contributed by atoms with E-state index in [1.54, 1.807) is 0 Å². The van der Waals surface area contributed by atoms with Crippen LogP contribution in [0.5, 0.6) is 0 Å². The third-order valence-corrected chi connectivity index (χ3v) is 4.31. The Kier molecular flexibility index (Phi) is 4.31. The van der Waals surface area contributed by atoms with E-state index in [1.165, 1.54) is 5.56 Å². The molecular weight excluding hydrogens is 320 g/mol. The first kappa shape index (κ1) is 13.9. The average molecular weight is 337 g/mol. The van der Waals surface area contributed by atoms with Gasteiger partial charge in [-0.15, -0.1) is 0 Å². The summed E-state index contributed by atoms with van der Waals surface area (Å²) in [5.74, 6) is 0. The number of aliphatic hydroxyl groups is 1. The molecule has 20 heavy (non-hydrogen) atoms. The molecule has 1 saturated heterocycles. The van der Waals surface area contributed by atoms with Gasteiger partial charge >= 0.3 is 0 Å². The number of hydrogen-bond donors (Lipinski definition) is 1. The number of rotatable bonds is 3. The van der Waals surface area contributed by atoms with Crippen LogP contribution in [0.15, 0.2) is 34.9 Å². The van der Waals surface area contributed by atoms with E-state index >= 15 is 0 Å². The second-order valence-corrected chi connectivity index (χ2v) is 5.87. The van der Waals surface area contributed by atoms with Crippen LogP contribution in [0.1, 0.15) is 5.56 Å². The molecule has 1 N–H and O–H groups in total. The van der Waals surface area contributed by atoms with Crippen LogP contribution in [0.3, 0.4) is 0 Å². The lowest BCUT2D eigenvalue weighted by Gasteiger charge is -2.32. The van der Waals surface area contributed by atoms with Crippen molar-refractivity contribution in [2.75, 3.05) is 26.3 Å². The minimum absolute atomic E-state index is 0.0709. The van der Waals surface area contributed by atoms with Crippen molar-refractivity contribution in [2.24, 2.45) is 0 Å². The van der Waals surface area contributed by atoms with Gasteiger partial charge in [0.1, 0.15) is 0 Å². The number of nitrogens with zero attached hydrogens (tertiary/aromatic N) is 2. The Bertz CT molecular complexity index is 605. The Morgan fingerprint density at radius 3 is 3.15 bits per heavy atom. The van der Waals surface area contributed by atoms with Crippen LogP contribution in [0.4, 0.5) is 0 Å². The molecule has 0 spiro atoms. The highest BCUT2D eigenvalue weighted by atomic mass is 79.9. The van der Waals surface area contributed by atoms with Gasteiger partial charge in [0.15, 0.2) is 0 Å². The smallest absolute Gasteiger partial charge is 0.0933 e. The minimum atomic E-state index is -0.0709. The van der Waals surface area contributed by atoms with Crippen LogP contribution in [0.2, 0.25) is 0 Å². The van der Waals surface area contributed by atoms with Gasteiger partial charge < -0.3 is 9.84 Å². The maximum Gasteiger partial charge on any atom is 0.0933 e. The molecule has 106 valence electrons. The fourth-order valence-corrected chi connectivity index (χ4v) is 3.05. The van der Waals surface area contributed by atoms with Gasteiger partial charge in [0.2, 0.25) is 0 Å². The van der Waals surface area contributed by atoms with Crippen molar-refractivity contribution in [3.63, 3.8) is 0 Å². The molecule has 1 aromatic heterocycles. The van der Waals surface area contributed by atoms with Crippen molar-refractivity contribution in [3.8, 4) is 0 Å². The van der Waals surface area contributed by atoms with Crippen molar-refractivity contribution in [1.29, 1.82) is 0 Å². The van der Waals surface area contributed by atoms with E-state index in [1.807, 2.05) is 12.3 Å². The number of halogens is 1. The Morgan fingerprint density at radius 1 is 1.40 bits per heavy atom. The van der Waals surface area contributed by atoms with Crippen LogP contribution in [0, 0.1) is 0 Å². The van der Waals surface area contributed by atoms with Crippen molar-refractivity contribution < 1.29 is 9.84 Å². The summed E-state index contributed by atoms with van der Waals surface area (Å²) in [4.78, 5) is 6.82. The predicted octanol–water partition coefficient (Wildman–Crippen LogP) is 2.19. The molecule has 0 aliphatic carbocycles. The number of benzene rings is 1. The molecule has 0 bridgehead atoms. The predicted molar refractivity (Wildman–Crippen MR) is 81.5 cm³/mol. The fourth-order valence-electron chi connectivity index (χ4n) is 2.60. The van der Waals surface area contributed by atoms with Gasteiger partial charge in [-0.3, -0.25) is 9.88 Å². The van der Waals surface area contributed by atoms with Gasteiger partial charge in [0, 0.05) is 35.7 Å². The zero-order valence-electron chi connectivity index (χ0n) is 11.1. The van der Waals surface area contributed by atoms with Crippen LogP contribution in [-0.2, 0) is 11.3 Å². The maximum atomic E-state index is 9.21. The molecule has 2 heterocycles. The summed E-state index contributed by atoms with van der Waals surface area (Å²) < 4.78 is 6.56. The molecule has 0 saturated carbocycles. The molecule has 4 nitrogen and oxygen atoms in total. The second kappa shape index (κ2) is 6.18. The number of ether oxygens (including phenoxy) is 1. The summed E-state index contributed by atoms with van der Waals surface area (Å²) in [5, 5.41) is 10.3. The van der Waals surface area contributed by atoms with Crippen molar-refractivity contribution in [3.05, 3.63) is 40.5 Å². The van der Waals surface area contributed by atoms with Gasteiger partial charge in [-0.25, -0.2) is 0 Å². The molecule has 1 aliphatic rings. The Balaban J connectivity index is 1.86. The lowest BCUT2D eigenvalue weighted by molar-refractivity contribution is -0.0550. The monoisotopic (exact) mass is 336 g/mol. The molecule has 1 aliphatic heterocycles. The van der Waals surface area contributed by atoms with E-state index in [2.05, 4.69) is 44.0 Å². The molecule has 1 atom stereocenters. The Labute approximate surface area is 126 Å². The van der Waals surface area contributed by atoms with Crippen molar-refractivity contribution in [2.45, 2.75) is 12.6 Å². The normalized spacial score (nSPS) is 20.4. The highest BCUT2D eigenvalue weighted by Crippen LogP contribution is 2.26. The van der Waals surface area contributed by atoms with Gasteiger partial charge in [-0.05, 0) is 17.7 Å². The Morgan fingerprint density at radius 2 is 2.30 bits per heavy atom. The van der Waals surface area contributed by atoms with Gasteiger partial charge in [0.05, 0.1) is 24.8 Å². The topological polar surface area (TPSA) is 45.6 Å². The zero-order chi connectivity index (χ0) is 13.9. The minimum Gasteiger partial charge on any atom is -0.394 e. The standard InChI is InChI=1S/C15H17BrN2O2/c16-14-4-3-11(15-13(14)2-1-5-17-15)8-18-6-7-20-12(9-18)10-19/h1-5,12,19H,6-10H2/t12-/m1/s1. The molecule has 5 heteroatoms. The molecule has 0 unspecified atom stereocenters. The summed E-state index contributed by atoms with van der Waals surface area (Å²) in [7, 11) is 0. The van der Waals surface area contributed by atoms with E-state index in [0.29, 0.717) is 6.61 Å². The molecule has 2 aromatic rings. The second-order valence-electron chi connectivity index (χ2n) is 5.02. The summed E-state index contributed by atoms with van der Waals surface area (Å²) >= 11 is 3.57. The number of aliphatic hydroxyl groups excluding tert-OH is 1. The van der Waals surface area contributed by atoms with Crippen LogP contribution >= 0.6 is 15.9 Å². The maximum absolute atomic E-state index is 9.21. The number of aromatic nitrogens is 1. The molecule has 3 rings (SSSR count). The van der Waals surface area contributed by atoms with E-state index in [-0.39, 0.29) is 12.7 Å². The first-order valence-electron chi connectivity index (χ1n) is 6.75. The van der Waals surface area contributed by atoms with Gasteiger partial charge in [0.25, 0.3) is 0 Å². The third-order valence-electron chi connectivity index (χ3n) is 3.62. The molecular formula is C15H17BrN2O2. The number of fused-ring (bicyclic) bond motifs is 1. The first-order chi connectivity index (χ1) is 9.78. The van der Waals surface area contributed by atoms with Crippen LogP contribution < -0.4 is 0 Å². The van der Waals surface area contributed by atoms with E-state index in [4.69, 9.17) is 4.74 Å². The number of pyridine rings is 1. The van der Waals surface area contributed by atoms with E-state index in [0.717, 1.165) is 35.0 Å². The van der Waals surface area contributed by atoms with Gasteiger partial charge in [-0.1, -0.05) is 28.1 Å². The summed E-state index contributed by atoms with van der Waals surface area (Å²) in [6.45, 7) is 3.24. The third kappa shape index (κ3) is 2.86. The first-order valence-corrected chi connectivity index (χ1v) is 7.54. The van der Waals surface area contributed by atoms with Crippen LogP contribution in [-0.4, -0.2) is 47.4 Å². The van der Waals surface area contributed by atoms with E-state index in [9.17, 15) is 5.11 Å². The SMILES string of the molecule is OC[C@H]1CN(Cc2ccc(Br)c3cccnc23)CCO1. The highest BCUT2D eigenvalue weighted by Gasteiger charge is 2.20. The molecule has 0 amide bonds. The van der Waals surface area contributed by atoms with E-state index < -0.39 is 0 Å². The summed E-state index contributed by atoms with van der Waals surface area (Å²) in [6.07, 6.45) is 1.76. The molecule has 1 fully saturated rings. The zero-order valence-corrected chi connectivity index (χ0v) is 12.7. The number of morpholine rings is 1.